The fourth-order valence-electron chi connectivity index (χ4n) is 10.9. The molecule has 0 spiro atoms. The van der Waals surface area contributed by atoms with Crippen LogP contribution in [-0.2, 0) is 10.8 Å². The molecule has 0 aliphatic heterocycles. The van der Waals surface area contributed by atoms with Gasteiger partial charge in [0, 0.05) is 44.1 Å². The molecular weight excluding hydrogens is 725 g/mol. The summed E-state index contributed by atoms with van der Waals surface area (Å²) in [5, 5.41) is 5.07. The molecule has 0 N–H and O–H groups in total. The number of rotatable bonds is 5. The maximum atomic E-state index is 2.54. The number of hydrogen-bond donors (Lipinski definition) is 0. The standard InChI is InChI=1S/C58H44N2/c1-57(2)49-22-12-10-20-44(49)46-31-29-41(35-51(46)57)59(40-27-25-38(26-28-40)37-15-6-5-7-16-37)42-30-32-48-54(36-42)60(52-24-14-18-39-17-8-9-19-43(39)52)53-34-33-47-45-21-11-13-23-50(45)58(3,4)56(47)55(48)53/h5-36H,1-4H3. The number of aromatic nitrogens is 1. The number of nitrogens with zero attached hydrogens (tertiary/aromatic N) is 2. The largest absolute Gasteiger partial charge is 0.310 e. The van der Waals surface area contributed by atoms with E-state index in [2.05, 4.69) is 231 Å². The van der Waals surface area contributed by atoms with Crippen molar-refractivity contribution in [1.29, 1.82) is 0 Å². The van der Waals surface area contributed by atoms with Gasteiger partial charge in [-0.1, -0.05) is 173 Å². The fraction of sp³-hybridized carbons (Fsp3) is 0.103. The van der Waals surface area contributed by atoms with Crippen LogP contribution < -0.4 is 4.90 Å². The van der Waals surface area contributed by atoms with Crippen LogP contribution in [-0.4, -0.2) is 4.57 Å². The van der Waals surface area contributed by atoms with E-state index in [4.69, 9.17) is 0 Å². The van der Waals surface area contributed by atoms with Gasteiger partial charge in [0.1, 0.15) is 0 Å². The lowest BCUT2D eigenvalue weighted by Gasteiger charge is -2.28. The van der Waals surface area contributed by atoms with Gasteiger partial charge < -0.3 is 9.47 Å². The first-order chi connectivity index (χ1) is 29.3. The zero-order valence-corrected chi connectivity index (χ0v) is 34.4. The molecule has 60 heavy (non-hydrogen) atoms. The third kappa shape index (κ3) is 4.88. The van der Waals surface area contributed by atoms with E-state index in [0.29, 0.717) is 0 Å². The summed E-state index contributed by atoms with van der Waals surface area (Å²) in [5.74, 6) is 0. The highest BCUT2D eigenvalue weighted by molar-refractivity contribution is 6.16. The molecule has 2 aliphatic rings. The van der Waals surface area contributed by atoms with Crippen LogP contribution in [0.4, 0.5) is 17.1 Å². The van der Waals surface area contributed by atoms with E-state index in [-0.39, 0.29) is 10.8 Å². The van der Waals surface area contributed by atoms with Crippen molar-refractivity contribution >= 4 is 49.6 Å². The van der Waals surface area contributed by atoms with Crippen molar-refractivity contribution < 1.29 is 0 Å². The lowest BCUT2D eigenvalue weighted by Crippen LogP contribution is -2.16. The average Bonchev–Trinajstić information content (AvgIpc) is 3.83. The normalized spacial score (nSPS) is 14.3. The lowest BCUT2D eigenvalue weighted by atomic mass is 9.80. The third-order valence-corrected chi connectivity index (χ3v) is 13.8. The molecule has 1 aromatic heterocycles. The summed E-state index contributed by atoms with van der Waals surface area (Å²) >= 11 is 0. The van der Waals surface area contributed by atoms with Crippen molar-refractivity contribution in [3.63, 3.8) is 0 Å². The molecule has 2 nitrogen and oxygen atoms in total. The Balaban J connectivity index is 1.13. The van der Waals surface area contributed by atoms with Gasteiger partial charge in [0.25, 0.3) is 0 Å². The van der Waals surface area contributed by atoms with Crippen molar-refractivity contribution in [2.24, 2.45) is 0 Å². The smallest absolute Gasteiger partial charge is 0.0562 e. The van der Waals surface area contributed by atoms with Gasteiger partial charge in [-0.15, -0.1) is 0 Å². The predicted octanol–water partition coefficient (Wildman–Crippen LogP) is 15.7. The summed E-state index contributed by atoms with van der Waals surface area (Å²) in [6.45, 7) is 9.54. The quantitative estimate of drug-likeness (QED) is 0.169. The van der Waals surface area contributed by atoms with Crippen molar-refractivity contribution in [3.8, 4) is 39.1 Å². The molecule has 0 unspecified atom stereocenters. The van der Waals surface area contributed by atoms with E-state index in [1.807, 2.05) is 0 Å². The summed E-state index contributed by atoms with van der Waals surface area (Å²) in [7, 11) is 0. The first-order valence-corrected chi connectivity index (χ1v) is 21.2. The van der Waals surface area contributed by atoms with Crippen molar-refractivity contribution in [1.82, 2.24) is 4.57 Å². The average molecular weight is 769 g/mol. The molecular formula is C58H44N2. The van der Waals surface area contributed by atoms with Crippen molar-refractivity contribution in [2.45, 2.75) is 38.5 Å². The van der Waals surface area contributed by atoms with Gasteiger partial charge in [-0.05, 0) is 110 Å². The highest BCUT2D eigenvalue weighted by Crippen LogP contribution is 2.55. The molecule has 0 fully saturated rings. The predicted molar refractivity (Wildman–Crippen MR) is 254 cm³/mol. The minimum atomic E-state index is -0.163. The van der Waals surface area contributed by atoms with Gasteiger partial charge in [-0.2, -0.15) is 0 Å². The molecule has 9 aromatic carbocycles. The van der Waals surface area contributed by atoms with Gasteiger partial charge >= 0.3 is 0 Å². The molecule has 12 rings (SSSR count). The van der Waals surface area contributed by atoms with Gasteiger partial charge in [0.05, 0.1) is 16.7 Å². The highest BCUT2D eigenvalue weighted by Gasteiger charge is 2.39. The van der Waals surface area contributed by atoms with Crippen molar-refractivity contribution in [3.05, 3.63) is 216 Å². The minimum absolute atomic E-state index is 0.125. The van der Waals surface area contributed by atoms with Crippen LogP contribution >= 0.6 is 0 Å². The van der Waals surface area contributed by atoms with Crippen LogP contribution in [0.2, 0.25) is 0 Å². The molecule has 0 saturated carbocycles. The highest BCUT2D eigenvalue weighted by atomic mass is 15.1. The van der Waals surface area contributed by atoms with E-state index >= 15 is 0 Å². The molecule has 0 atom stereocenters. The summed E-state index contributed by atoms with van der Waals surface area (Å²) in [4.78, 5) is 2.46. The number of fused-ring (bicyclic) bond motifs is 11. The molecule has 0 bridgehead atoms. The van der Waals surface area contributed by atoms with Gasteiger partial charge in [0.2, 0.25) is 0 Å². The Hall–Kier alpha value is -7.16. The van der Waals surface area contributed by atoms with E-state index < -0.39 is 0 Å². The summed E-state index contributed by atoms with van der Waals surface area (Å²) in [6.07, 6.45) is 0. The van der Waals surface area contributed by atoms with Crippen LogP contribution in [0, 0.1) is 0 Å². The first kappa shape index (κ1) is 34.8. The monoisotopic (exact) mass is 768 g/mol. The molecule has 0 saturated heterocycles. The van der Waals surface area contributed by atoms with Gasteiger partial charge in [-0.25, -0.2) is 0 Å². The Bertz CT molecular complexity index is 3360. The Morgan fingerprint density at radius 1 is 0.383 bits per heavy atom. The van der Waals surface area contributed by atoms with Crippen LogP contribution in [0.15, 0.2) is 194 Å². The molecule has 286 valence electrons. The number of hydrogen-bond acceptors (Lipinski definition) is 1. The van der Waals surface area contributed by atoms with E-state index in [1.54, 1.807) is 0 Å². The van der Waals surface area contributed by atoms with E-state index in [0.717, 1.165) is 17.1 Å². The Kier molecular flexibility index (Phi) is 7.36. The van der Waals surface area contributed by atoms with Crippen LogP contribution in [0.3, 0.4) is 0 Å². The molecule has 10 aromatic rings. The lowest BCUT2D eigenvalue weighted by molar-refractivity contribution is 0.660. The molecule has 2 heteroatoms. The van der Waals surface area contributed by atoms with E-state index in [1.165, 1.54) is 93.9 Å². The zero-order valence-electron chi connectivity index (χ0n) is 34.4. The molecule has 0 amide bonds. The Morgan fingerprint density at radius 2 is 0.967 bits per heavy atom. The number of benzene rings is 9. The summed E-state index contributed by atoms with van der Waals surface area (Å²) in [6, 6.07) is 72.2. The topological polar surface area (TPSA) is 8.17 Å². The molecule has 0 radical (unpaired) electrons. The second kappa shape index (κ2) is 12.7. The van der Waals surface area contributed by atoms with Gasteiger partial charge in [0.15, 0.2) is 0 Å². The Morgan fingerprint density at radius 3 is 1.77 bits per heavy atom. The number of anilines is 3. The fourth-order valence-corrected chi connectivity index (χ4v) is 10.9. The Labute approximate surface area is 351 Å². The second-order valence-corrected chi connectivity index (χ2v) is 17.7. The van der Waals surface area contributed by atoms with Gasteiger partial charge in [-0.3, -0.25) is 0 Å². The van der Waals surface area contributed by atoms with Crippen LogP contribution in [0.1, 0.15) is 49.9 Å². The van der Waals surface area contributed by atoms with Crippen LogP contribution in [0.5, 0.6) is 0 Å². The maximum absolute atomic E-state index is 2.54. The first-order valence-electron chi connectivity index (χ1n) is 21.2. The SMILES string of the molecule is CC1(C)c2ccccc2-c2ccc(N(c3ccc(-c4ccccc4)cc3)c3ccc4c5c6c(ccc5n(-c5cccc7ccccc57)c4c3)-c3ccccc3C6(C)C)cc21. The van der Waals surface area contributed by atoms with Crippen LogP contribution in [0.25, 0.3) is 71.6 Å². The molecule has 2 aliphatic carbocycles. The summed E-state index contributed by atoms with van der Waals surface area (Å²) < 4.78 is 2.54. The second-order valence-electron chi connectivity index (χ2n) is 17.7. The molecule has 1 heterocycles. The minimum Gasteiger partial charge on any atom is -0.310 e. The maximum Gasteiger partial charge on any atom is 0.0562 e. The third-order valence-electron chi connectivity index (χ3n) is 13.8. The van der Waals surface area contributed by atoms with Crippen molar-refractivity contribution in [2.75, 3.05) is 4.90 Å². The van der Waals surface area contributed by atoms with E-state index in [9.17, 15) is 0 Å². The summed E-state index contributed by atoms with van der Waals surface area (Å²) in [5.41, 5.74) is 20.0. The zero-order chi connectivity index (χ0) is 40.3.